The number of hydrogen-bond donors (Lipinski definition) is 2. The molecule has 1 aromatic heterocycles. The highest BCUT2D eigenvalue weighted by Crippen LogP contribution is 2.25. The van der Waals surface area contributed by atoms with E-state index in [9.17, 15) is 5.11 Å². The van der Waals surface area contributed by atoms with Crippen LogP contribution in [0.15, 0.2) is 46.4 Å². The zero-order valence-electron chi connectivity index (χ0n) is 13.8. The molecule has 0 amide bonds. The Morgan fingerprint density at radius 2 is 2.12 bits per heavy atom. The van der Waals surface area contributed by atoms with Gasteiger partial charge >= 0.3 is 0 Å². The van der Waals surface area contributed by atoms with Gasteiger partial charge in [0.05, 0.1) is 17.1 Å². The minimum Gasteiger partial charge on any atom is -0.506 e. The number of phenols is 1. The van der Waals surface area contributed by atoms with Crippen molar-refractivity contribution < 1.29 is 5.11 Å². The van der Waals surface area contributed by atoms with E-state index in [4.69, 9.17) is 17.3 Å². The van der Waals surface area contributed by atoms with Crippen molar-refractivity contribution in [2.24, 2.45) is 15.7 Å². The summed E-state index contributed by atoms with van der Waals surface area (Å²) in [5.74, 6) is 0.547. The van der Waals surface area contributed by atoms with Crippen LogP contribution in [0.25, 0.3) is 10.9 Å². The number of aryl methyl sites for hydroxylation is 1. The molecule has 2 aromatic carbocycles. The fourth-order valence-electron chi connectivity index (χ4n) is 2.28. The molecule has 132 valence electrons. The predicted molar refractivity (Wildman–Crippen MR) is 114 cm³/mol. The Bertz CT molecular complexity index is 1040. The molecule has 0 aliphatic rings. The van der Waals surface area contributed by atoms with Crippen LogP contribution in [0.3, 0.4) is 0 Å². The van der Waals surface area contributed by atoms with Crippen molar-refractivity contribution in [3.05, 3.63) is 56.2 Å². The van der Waals surface area contributed by atoms with Crippen molar-refractivity contribution >= 4 is 63.1 Å². The van der Waals surface area contributed by atoms with Crippen molar-refractivity contribution in [1.82, 2.24) is 9.97 Å². The molecule has 0 aliphatic heterocycles. The first kappa shape index (κ1) is 18.5. The smallest absolute Gasteiger partial charge is 0.252 e. The molecule has 0 unspecified atom stereocenters. The second-order valence-electron chi connectivity index (χ2n) is 5.59. The molecule has 0 aliphatic carbocycles. The van der Waals surface area contributed by atoms with E-state index in [0.717, 1.165) is 20.2 Å². The number of amidine groups is 1. The number of nitrogens with zero attached hydrogens (tertiary/aromatic N) is 4. The van der Waals surface area contributed by atoms with Crippen molar-refractivity contribution in [2.75, 3.05) is 6.54 Å². The van der Waals surface area contributed by atoms with Crippen molar-refractivity contribution in [2.45, 2.75) is 6.92 Å². The number of fused-ring (bicyclic) bond motifs is 1. The first-order chi connectivity index (χ1) is 12.4. The molecule has 3 N–H and O–H groups in total. The van der Waals surface area contributed by atoms with Gasteiger partial charge in [0, 0.05) is 17.2 Å². The number of nitrogens with two attached hydrogens (primary N) is 1. The van der Waals surface area contributed by atoms with Crippen LogP contribution in [-0.2, 0) is 0 Å². The van der Waals surface area contributed by atoms with Crippen LogP contribution in [0, 0.1) is 10.6 Å². The maximum atomic E-state index is 9.84. The summed E-state index contributed by atoms with van der Waals surface area (Å²) < 4.78 is 0.815. The number of halogens is 2. The lowest BCUT2D eigenvalue weighted by Gasteiger charge is -2.03. The third kappa shape index (κ3) is 4.28. The lowest BCUT2D eigenvalue weighted by molar-refractivity contribution is 0.475. The summed E-state index contributed by atoms with van der Waals surface area (Å²) in [6, 6.07) is 11.0. The first-order valence-electron chi connectivity index (χ1n) is 7.68. The van der Waals surface area contributed by atoms with Gasteiger partial charge in [0.15, 0.2) is 0 Å². The van der Waals surface area contributed by atoms with Crippen LogP contribution in [0.5, 0.6) is 5.75 Å². The SMILES string of the molecule is Cc1ccc2nc(N=C(N)CN=Cc3cccc(Cl)c3O)nc(I)c2c1. The quantitative estimate of drug-likeness (QED) is 0.256. The molecular weight excluding hydrogens is 465 g/mol. The number of aromatic nitrogens is 2. The largest absolute Gasteiger partial charge is 0.506 e. The Morgan fingerprint density at radius 1 is 1.31 bits per heavy atom. The third-order valence-electron chi connectivity index (χ3n) is 3.54. The fraction of sp³-hybridized carbons (Fsp3) is 0.111. The zero-order valence-corrected chi connectivity index (χ0v) is 16.7. The highest BCUT2D eigenvalue weighted by atomic mass is 127. The lowest BCUT2D eigenvalue weighted by Crippen LogP contribution is -2.15. The van der Waals surface area contributed by atoms with E-state index >= 15 is 0 Å². The first-order valence-corrected chi connectivity index (χ1v) is 9.14. The molecule has 0 fully saturated rings. The van der Waals surface area contributed by atoms with Gasteiger partial charge in [0.25, 0.3) is 5.95 Å². The van der Waals surface area contributed by atoms with E-state index in [1.54, 1.807) is 18.2 Å². The molecular formula is C18H15ClIN5O. The average Bonchev–Trinajstić information content (AvgIpc) is 2.59. The summed E-state index contributed by atoms with van der Waals surface area (Å²) in [6.45, 7) is 2.17. The Labute approximate surface area is 169 Å². The second kappa shape index (κ2) is 7.96. The number of aromatic hydroxyl groups is 1. The van der Waals surface area contributed by atoms with Crippen LogP contribution in [0.4, 0.5) is 5.95 Å². The van der Waals surface area contributed by atoms with Crippen molar-refractivity contribution in [3.8, 4) is 5.75 Å². The topological polar surface area (TPSA) is 96.8 Å². The minimum atomic E-state index is -0.0175. The Morgan fingerprint density at radius 3 is 2.92 bits per heavy atom. The second-order valence-corrected chi connectivity index (χ2v) is 7.01. The number of aliphatic imine (C=N–C) groups is 2. The molecule has 0 spiro atoms. The monoisotopic (exact) mass is 479 g/mol. The Hall–Kier alpha value is -2.26. The minimum absolute atomic E-state index is 0.0175. The molecule has 3 aromatic rings. The third-order valence-corrected chi connectivity index (χ3v) is 4.67. The van der Waals surface area contributed by atoms with Gasteiger partial charge < -0.3 is 10.8 Å². The van der Waals surface area contributed by atoms with Gasteiger partial charge in [0.2, 0.25) is 0 Å². The number of phenolic OH excluding ortho intramolecular Hbond substituents is 1. The molecule has 0 saturated carbocycles. The molecule has 8 heteroatoms. The molecule has 6 nitrogen and oxygen atoms in total. The molecule has 3 rings (SSSR count). The van der Waals surface area contributed by atoms with Gasteiger partial charge in [-0.15, -0.1) is 0 Å². The van der Waals surface area contributed by atoms with Crippen LogP contribution in [-0.4, -0.2) is 33.7 Å². The van der Waals surface area contributed by atoms with Crippen LogP contribution < -0.4 is 5.73 Å². The summed E-state index contributed by atoms with van der Waals surface area (Å²) in [7, 11) is 0. The van der Waals surface area contributed by atoms with Gasteiger partial charge in [-0.3, -0.25) is 4.99 Å². The average molecular weight is 480 g/mol. The maximum Gasteiger partial charge on any atom is 0.252 e. The summed E-state index contributed by atoms with van der Waals surface area (Å²) in [4.78, 5) is 17.2. The molecule has 0 bridgehead atoms. The van der Waals surface area contributed by atoms with Gasteiger partial charge in [-0.05, 0) is 53.8 Å². The van der Waals surface area contributed by atoms with Crippen LogP contribution in [0.1, 0.15) is 11.1 Å². The molecule has 0 saturated heterocycles. The number of rotatable bonds is 4. The van der Waals surface area contributed by atoms with E-state index in [2.05, 4.69) is 42.5 Å². The van der Waals surface area contributed by atoms with E-state index in [0.29, 0.717) is 11.5 Å². The van der Waals surface area contributed by atoms with Crippen molar-refractivity contribution in [3.63, 3.8) is 0 Å². The summed E-state index contributed by atoms with van der Waals surface area (Å²) in [5.41, 5.74) is 8.39. The summed E-state index contributed by atoms with van der Waals surface area (Å²) in [6.07, 6.45) is 1.50. The van der Waals surface area contributed by atoms with Gasteiger partial charge in [-0.25, -0.2) is 9.97 Å². The van der Waals surface area contributed by atoms with Crippen molar-refractivity contribution in [1.29, 1.82) is 0 Å². The van der Waals surface area contributed by atoms with Gasteiger partial charge in [-0.1, -0.05) is 29.3 Å². The lowest BCUT2D eigenvalue weighted by atomic mass is 10.2. The number of para-hydroxylation sites is 1. The normalized spacial score (nSPS) is 12.2. The fourth-order valence-corrected chi connectivity index (χ4v) is 3.11. The molecule has 26 heavy (non-hydrogen) atoms. The van der Waals surface area contributed by atoms with Crippen LogP contribution >= 0.6 is 34.2 Å². The summed E-state index contributed by atoms with van der Waals surface area (Å²) in [5, 5.41) is 11.1. The van der Waals surface area contributed by atoms with Gasteiger partial charge in [-0.2, -0.15) is 4.99 Å². The number of benzene rings is 2. The Balaban J connectivity index is 1.79. The van der Waals surface area contributed by atoms with E-state index < -0.39 is 0 Å². The van der Waals surface area contributed by atoms with E-state index in [1.165, 1.54) is 6.21 Å². The van der Waals surface area contributed by atoms with E-state index in [1.807, 2.05) is 25.1 Å². The maximum absolute atomic E-state index is 9.84. The highest BCUT2D eigenvalue weighted by Gasteiger charge is 2.06. The Kier molecular flexibility index (Phi) is 5.67. The standard InChI is InChI=1S/C18H15ClIN5O/c1-10-5-6-14-12(7-10)17(20)25-18(23-14)24-15(21)9-22-8-11-3-2-4-13(19)16(11)26/h2-8,26H,9H2,1H3,(H2,21,23,24,25). The molecule has 0 radical (unpaired) electrons. The number of hydrogen-bond acceptors (Lipinski definition) is 5. The van der Waals surface area contributed by atoms with Crippen LogP contribution in [0.2, 0.25) is 5.02 Å². The molecule has 1 heterocycles. The molecule has 0 atom stereocenters. The zero-order chi connectivity index (χ0) is 18.7. The predicted octanol–water partition coefficient (Wildman–Crippen LogP) is 4.01. The highest BCUT2D eigenvalue weighted by molar-refractivity contribution is 14.1. The summed E-state index contributed by atoms with van der Waals surface area (Å²) >= 11 is 8.02. The van der Waals surface area contributed by atoms with Gasteiger partial charge in [0.1, 0.15) is 15.3 Å². The van der Waals surface area contributed by atoms with E-state index in [-0.39, 0.29) is 23.2 Å².